The lowest BCUT2D eigenvalue weighted by molar-refractivity contribution is -0.253. The Balaban J connectivity index is 1.72. The number of hydrogen-bond donors (Lipinski definition) is 1. The van der Waals surface area contributed by atoms with Gasteiger partial charge in [-0.15, -0.1) is 0 Å². The molecule has 0 radical (unpaired) electrons. The number of aromatic amines is 1. The molecule has 0 saturated heterocycles. The third kappa shape index (κ3) is 4.18. The minimum absolute atomic E-state index is 0.327. The molecule has 0 amide bonds. The molecule has 3 aromatic rings. The smallest absolute Gasteiger partial charge is 0.461 e. The van der Waals surface area contributed by atoms with Crippen molar-refractivity contribution < 1.29 is 27.0 Å². The van der Waals surface area contributed by atoms with Gasteiger partial charge in [0.1, 0.15) is 11.5 Å². The first kappa shape index (κ1) is 18.3. The van der Waals surface area contributed by atoms with Gasteiger partial charge in [0.25, 0.3) is 0 Å². The molecule has 0 aliphatic carbocycles. The number of nitrogens with zero attached hydrogens (tertiary/aromatic N) is 2. The fraction of sp³-hybridized carbons (Fsp3) is 0.250. The largest absolute Gasteiger partial charge is 0.497 e. The Kier molecular flexibility index (Phi) is 5.21. The van der Waals surface area contributed by atoms with E-state index in [9.17, 15) is 17.6 Å². The Hall–Kier alpha value is -2.49. The molecule has 2 aromatic heterocycles. The van der Waals surface area contributed by atoms with Crippen molar-refractivity contribution in [3.05, 3.63) is 42.2 Å². The summed E-state index contributed by atoms with van der Waals surface area (Å²) in [5, 5.41) is 0.530. The van der Waals surface area contributed by atoms with Gasteiger partial charge in [0, 0.05) is 24.1 Å². The highest BCUT2D eigenvalue weighted by molar-refractivity contribution is 7.98. The molecule has 138 valence electrons. The van der Waals surface area contributed by atoms with E-state index in [0.29, 0.717) is 27.7 Å². The van der Waals surface area contributed by atoms with Gasteiger partial charge < -0.3 is 14.5 Å². The number of thioether (sulfide) groups is 1. The third-order valence-electron chi connectivity index (χ3n) is 3.32. The van der Waals surface area contributed by atoms with Crippen LogP contribution >= 0.6 is 11.8 Å². The molecule has 3 rings (SSSR count). The molecule has 0 fully saturated rings. The Morgan fingerprint density at radius 2 is 2.00 bits per heavy atom. The average Bonchev–Trinajstić information content (AvgIpc) is 3.02. The zero-order valence-corrected chi connectivity index (χ0v) is 14.2. The molecular formula is C16H13F4N3O2S. The van der Waals surface area contributed by atoms with Crippen LogP contribution < -0.4 is 9.47 Å². The molecule has 26 heavy (non-hydrogen) atoms. The van der Waals surface area contributed by atoms with Crippen LogP contribution in [-0.2, 0) is 5.75 Å². The lowest BCUT2D eigenvalue weighted by Gasteiger charge is -2.16. The average molecular weight is 387 g/mol. The maximum atomic E-state index is 13.0. The van der Waals surface area contributed by atoms with E-state index in [1.807, 2.05) is 0 Å². The topological polar surface area (TPSA) is 60.0 Å². The summed E-state index contributed by atoms with van der Waals surface area (Å²) in [5.41, 5.74) is 1.67. The van der Waals surface area contributed by atoms with Crippen molar-refractivity contribution in [2.24, 2.45) is 0 Å². The van der Waals surface area contributed by atoms with Crippen LogP contribution in [0, 0.1) is 0 Å². The Bertz CT molecular complexity index is 904. The first-order valence-electron chi connectivity index (χ1n) is 7.34. The summed E-state index contributed by atoms with van der Waals surface area (Å²) in [6, 6.07) is 7.30. The van der Waals surface area contributed by atoms with Crippen LogP contribution in [-0.4, -0.2) is 34.6 Å². The number of benzene rings is 1. The lowest BCUT2D eigenvalue weighted by Crippen LogP contribution is -2.33. The normalized spacial score (nSPS) is 11.9. The van der Waals surface area contributed by atoms with Crippen LogP contribution in [0.3, 0.4) is 0 Å². The molecule has 0 aliphatic heterocycles. The molecule has 5 nitrogen and oxygen atoms in total. The van der Waals surface area contributed by atoms with Crippen LogP contribution in [0.25, 0.3) is 11.0 Å². The molecule has 2 heterocycles. The molecule has 0 atom stereocenters. The number of pyridine rings is 1. The van der Waals surface area contributed by atoms with E-state index < -0.39 is 12.5 Å². The zero-order chi connectivity index (χ0) is 18.7. The quantitative estimate of drug-likeness (QED) is 0.478. The van der Waals surface area contributed by atoms with Gasteiger partial charge in [0.2, 0.25) is 0 Å². The summed E-state index contributed by atoms with van der Waals surface area (Å²) in [4.78, 5) is 11.5. The summed E-state index contributed by atoms with van der Waals surface area (Å²) in [6.07, 6.45) is -6.85. The van der Waals surface area contributed by atoms with Crippen molar-refractivity contribution >= 4 is 22.8 Å². The number of halogens is 4. The van der Waals surface area contributed by atoms with Crippen molar-refractivity contribution in [1.29, 1.82) is 0 Å². The van der Waals surface area contributed by atoms with Crippen molar-refractivity contribution in [2.45, 2.75) is 23.4 Å². The van der Waals surface area contributed by atoms with Gasteiger partial charge in [-0.25, -0.2) is 4.98 Å². The molecule has 0 aliphatic rings. The molecule has 1 aromatic carbocycles. The molecule has 1 N–H and O–H groups in total. The van der Waals surface area contributed by atoms with Gasteiger partial charge in [0.05, 0.1) is 23.8 Å². The zero-order valence-electron chi connectivity index (χ0n) is 13.4. The summed E-state index contributed by atoms with van der Waals surface area (Å²) in [5.74, 6) is 0.798. The highest BCUT2D eigenvalue weighted by Gasteiger charge is 2.44. The number of rotatable bonds is 7. The highest BCUT2D eigenvalue weighted by Crippen LogP contribution is 2.30. The fourth-order valence-electron chi connectivity index (χ4n) is 2.10. The van der Waals surface area contributed by atoms with E-state index in [1.165, 1.54) is 30.0 Å². The first-order chi connectivity index (χ1) is 12.4. The number of imidazole rings is 1. The number of H-pyrrole nitrogens is 1. The lowest BCUT2D eigenvalue weighted by atomic mass is 10.3. The Morgan fingerprint density at radius 3 is 2.73 bits per heavy atom. The molecular weight excluding hydrogens is 374 g/mol. The van der Waals surface area contributed by atoms with E-state index in [-0.39, 0.29) is 5.75 Å². The molecule has 0 unspecified atom stereocenters. The Morgan fingerprint density at radius 1 is 1.19 bits per heavy atom. The minimum atomic E-state index is -4.56. The second-order valence-electron chi connectivity index (χ2n) is 5.16. The van der Waals surface area contributed by atoms with Gasteiger partial charge in [0.15, 0.2) is 5.16 Å². The standard InChI is InChI=1S/C16H13F4N3O2S/c1-24-10-4-5-21-9(6-10)8-26-15-22-12-3-2-11(7-13(12)23-15)25-16(19,20)14(17)18/h2-7,14H,8H2,1H3,(H,22,23). The van der Waals surface area contributed by atoms with Crippen LogP contribution in [0.5, 0.6) is 11.5 Å². The number of nitrogens with one attached hydrogen (secondary N) is 1. The van der Waals surface area contributed by atoms with Gasteiger partial charge in [-0.1, -0.05) is 11.8 Å². The second-order valence-corrected chi connectivity index (χ2v) is 6.13. The fourth-order valence-corrected chi connectivity index (χ4v) is 2.89. The van der Waals surface area contributed by atoms with E-state index >= 15 is 0 Å². The highest BCUT2D eigenvalue weighted by atomic mass is 32.2. The van der Waals surface area contributed by atoms with Crippen LogP contribution in [0.2, 0.25) is 0 Å². The summed E-state index contributed by atoms with van der Waals surface area (Å²) >= 11 is 1.35. The van der Waals surface area contributed by atoms with Crippen molar-refractivity contribution in [2.75, 3.05) is 7.11 Å². The van der Waals surface area contributed by atoms with Gasteiger partial charge >= 0.3 is 12.5 Å². The minimum Gasteiger partial charge on any atom is -0.497 e. The summed E-state index contributed by atoms with van der Waals surface area (Å²) in [7, 11) is 1.56. The number of alkyl halides is 4. The summed E-state index contributed by atoms with van der Waals surface area (Å²) < 4.78 is 59.6. The van der Waals surface area contributed by atoms with Crippen LogP contribution in [0.1, 0.15) is 5.69 Å². The number of aromatic nitrogens is 3. The second kappa shape index (κ2) is 7.40. The number of ether oxygens (including phenoxy) is 2. The maximum Gasteiger partial charge on any atom is 0.461 e. The van der Waals surface area contributed by atoms with Crippen LogP contribution in [0.4, 0.5) is 17.6 Å². The molecule has 0 spiro atoms. The number of fused-ring (bicyclic) bond motifs is 1. The van der Waals surface area contributed by atoms with E-state index in [4.69, 9.17) is 4.74 Å². The predicted octanol–water partition coefficient (Wildman–Crippen LogP) is 4.50. The molecule has 0 saturated carbocycles. The monoisotopic (exact) mass is 387 g/mol. The summed E-state index contributed by atoms with van der Waals surface area (Å²) in [6.45, 7) is 0. The van der Waals surface area contributed by atoms with E-state index in [2.05, 4.69) is 19.7 Å². The number of methoxy groups -OCH3 is 1. The van der Waals surface area contributed by atoms with Gasteiger partial charge in [-0.2, -0.15) is 17.6 Å². The molecule has 10 heteroatoms. The van der Waals surface area contributed by atoms with Crippen LogP contribution in [0.15, 0.2) is 41.7 Å². The third-order valence-corrected chi connectivity index (χ3v) is 4.23. The van der Waals surface area contributed by atoms with E-state index in [0.717, 1.165) is 5.69 Å². The van der Waals surface area contributed by atoms with Gasteiger partial charge in [-0.3, -0.25) is 4.98 Å². The van der Waals surface area contributed by atoms with E-state index in [1.54, 1.807) is 25.4 Å². The first-order valence-corrected chi connectivity index (χ1v) is 8.32. The molecule has 0 bridgehead atoms. The number of hydrogen-bond acceptors (Lipinski definition) is 5. The maximum absolute atomic E-state index is 13.0. The van der Waals surface area contributed by atoms with Crippen molar-refractivity contribution in [3.8, 4) is 11.5 Å². The van der Waals surface area contributed by atoms with Crippen molar-refractivity contribution in [1.82, 2.24) is 15.0 Å². The SMILES string of the molecule is COc1ccnc(CSc2nc3cc(OC(F)(F)C(F)F)ccc3[nH]2)c1. The van der Waals surface area contributed by atoms with Crippen molar-refractivity contribution in [3.63, 3.8) is 0 Å². The Labute approximate surface area is 149 Å². The predicted molar refractivity (Wildman–Crippen MR) is 88.0 cm³/mol. The van der Waals surface area contributed by atoms with Gasteiger partial charge in [-0.05, 0) is 18.2 Å².